The zero-order valence-corrected chi connectivity index (χ0v) is 15.6. The Balaban J connectivity index is 1.72. The number of benzene rings is 2. The molecule has 2 aromatic rings. The van der Waals surface area contributed by atoms with E-state index in [-0.39, 0.29) is 6.04 Å². The van der Waals surface area contributed by atoms with Crippen molar-refractivity contribution in [2.45, 2.75) is 39.8 Å². The summed E-state index contributed by atoms with van der Waals surface area (Å²) < 4.78 is 0. The first-order valence-electron chi connectivity index (χ1n) is 9.21. The van der Waals surface area contributed by atoms with E-state index in [1.54, 1.807) is 0 Å². The minimum Gasteiger partial charge on any atom is -0.398 e. The van der Waals surface area contributed by atoms with E-state index in [2.05, 4.69) is 62.1 Å². The number of para-hydroxylation sites is 1. The van der Waals surface area contributed by atoms with Crippen LogP contribution in [0.5, 0.6) is 0 Å². The molecular formula is C22H29N3. The number of nitrogens with two attached hydrogens (primary N) is 1. The van der Waals surface area contributed by atoms with Gasteiger partial charge >= 0.3 is 0 Å². The van der Waals surface area contributed by atoms with Crippen molar-refractivity contribution in [2.75, 3.05) is 18.8 Å². The molecule has 1 fully saturated rings. The fourth-order valence-corrected chi connectivity index (χ4v) is 3.57. The van der Waals surface area contributed by atoms with Crippen molar-refractivity contribution < 1.29 is 0 Å². The van der Waals surface area contributed by atoms with Gasteiger partial charge in [-0.15, -0.1) is 0 Å². The number of hydrogen-bond donors (Lipinski definition) is 1. The lowest BCUT2D eigenvalue weighted by molar-refractivity contribution is 0.340. The number of aliphatic imine (C=N–C) groups is 1. The molecular weight excluding hydrogens is 306 g/mol. The van der Waals surface area contributed by atoms with Crippen molar-refractivity contribution in [1.29, 1.82) is 0 Å². The molecule has 1 aliphatic heterocycles. The summed E-state index contributed by atoms with van der Waals surface area (Å²) >= 11 is 0. The molecule has 0 aromatic heterocycles. The van der Waals surface area contributed by atoms with Crippen LogP contribution in [0.2, 0.25) is 0 Å². The molecule has 3 nitrogen and oxygen atoms in total. The molecule has 1 unspecified atom stereocenters. The summed E-state index contributed by atoms with van der Waals surface area (Å²) in [5.41, 5.74) is 12.2. The topological polar surface area (TPSA) is 41.6 Å². The predicted octanol–water partition coefficient (Wildman–Crippen LogP) is 4.62. The largest absolute Gasteiger partial charge is 0.398 e. The van der Waals surface area contributed by atoms with E-state index in [4.69, 9.17) is 10.7 Å². The minimum atomic E-state index is 0.148. The second-order valence-electron chi connectivity index (χ2n) is 7.46. The molecule has 0 bridgehead atoms. The SMILES string of the molecule is Cc1cccc(CN2CCC(=NC(c3ccccc3N)C(C)C)C2)c1. The van der Waals surface area contributed by atoms with Crippen LogP contribution >= 0.6 is 0 Å². The maximum Gasteiger partial charge on any atom is 0.0791 e. The fourth-order valence-electron chi connectivity index (χ4n) is 3.57. The molecule has 0 amide bonds. The second kappa shape index (κ2) is 7.83. The normalized spacial score (nSPS) is 18.2. The first-order valence-corrected chi connectivity index (χ1v) is 9.21. The van der Waals surface area contributed by atoms with Gasteiger partial charge in [-0.3, -0.25) is 9.89 Å². The molecule has 1 atom stereocenters. The van der Waals surface area contributed by atoms with E-state index in [1.165, 1.54) is 16.8 Å². The summed E-state index contributed by atoms with van der Waals surface area (Å²) in [5.74, 6) is 0.433. The van der Waals surface area contributed by atoms with Crippen molar-refractivity contribution in [3.8, 4) is 0 Å². The predicted molar refractivity (Wildman–Crippen MR) is 107 cm³/mol. The molecule has 1 heterocycles. The van der Waals surface area contributed by atoms with Gasteiger partial charge in [0.2, 0.25) is 0 Å². The molecule has 0 spiro atoms. The highest BCUT2D eigenvalue weighted by Gasteiger charge is 2.22. The Bertz CT molecular complexity index is 748. The van der Waals surface area contributed by atoms with Crippen LogP contribution in [-0.2, 0) is 6.54 Å². The van der Waals surface area contributed by atoms with Gasteiger partial charge in [-0.05, 0) is 36.5 Å². The summed E-state index contributed by atoms with van der Waals surface area (Å²) in [4.78, 5) is 7.60. The average molecular weight is 335 g/mol. The van der Waals surface area contributed by atoms with Gasteiger partial charge in [0.05, 0.1) is 6.04 Å². The first-order chi connectivity index (χ1) is 12.0. The fraction of sp³-hybridized carbons (Fsp3) is 0.409. The summed E-state index contributed by atoms with van der Waals surface area (Å²) in [6.45, 7) is 9.64. The van der Waals surface area contributed by atoms with Gasteiger partial charge in [-0.1, -0.05) is 61.9 Å². The van der Waals surface area contributed by atoms with Crippen molar-refractivity contribution in [2.24, 2.45) is 10.9 Å². The molecule has 1 saturated heterocycles. The first kappa shape index (κ1) is 17.7. The van der Waals surface area contributed by atoms with E-state index >= 15 is 0 Å². The molecule has 1 aliphatic rings. The Morgan fingerprint density at radius 2 is 1.92 bits per heavy atom. The number of likely N-dealkylation sites (tertiary alicyclic amines) is 1. The van der Waals surface area contributed by atoms with Crippen LogP contribution in [0.4, 0.5) is 5.69 Å². The number of nitrogen functional groups attached to an aromatic ring is 1. The van der Waals surface area contributed by atoms with Crippen LogP contribution in [0, 0.1) is 12.8 Å². The van der Waals surface area contributed by atoms with Gasteiger partial charge in [0.25, 0.3) is 0 Å². The molecule has 132 valence electrons. The maximum atomic E-state index is 6.20. The number of nitrogens with zero attached hydrogens (tertiary/aromatic N) is 2. The lowest BCUT2D eigenvalue weighted by atomic mass is 9.95. The van der Waals surface area contributed by atoms with Crippen molar-refractivity contribution in [3.05, 3.63) is 65.2 Å². The Kier molecular flexibility index (Phi) is 5.54. The zero-order valence-electron chi connectivity index (χ0n) is 15.6. The summed E-state index contributed by atoms with van der Waals surface area (Å²) in [6, 6.07) is 17.1. The number of aryl methyl sites for hydroxylation is 1. The standard InChI is InChI=1S/C22H29N3/c1-16(2)22(20-9-4-5-10-21(20)23)24-19-11-12-25(15-19)14-18-8-6-7-17(3)13-18/h4-10,13,16,22H,11-12,14-15,23H2,1-3H3. The van der Waals surface area contributed by atoms with Gasteiger partial charge in [0.15, 0.2) is 0 Å². The Morgan fingerprint density at radius 1 is 1.12 bits per heavy atom. The van der Waals surface area contributed by atoms with Crippen LogP contribution < -0.4 is 5.73 Å². The Morgan fingerprint density at radius 3 is 2.64 bits per heavy atom. The van der Waals surface area contributed by atoms with E-state index in [1.807, 2.05) is 12.1 Å². The van der Waals surface area contributed by atoms with Gasteiger partial charge in [0, 0.05) is 31.0 Å². The third-order valence-corrected chi connectivity index (χ3v) is 4.88. The maximum absolute atomic E-state index is 6.20. The molecule has 0 saturated carbocycles. The highest BCUT2D eigenvalue weighted by Crippen LogP contribution is 2.31. The van der Waals surface area contributed by atoms with Crippen LogP contribution in [0.25, 0.3) is 0 Å². The number of rotatable bonds is 5. The molecule has 0 radical (unpaired) electrons. The monoisotopic (exact) mass is 335 g/mol. The second-order valence-corrected chi connectivity index (χ2v) is 7.46. The van der Waals surface area contributed by atoms with E-state index in [0.717, 1.165) is 37.3 Å². The molecule has 0 aliphatic carbocycles. The van der Waals surface area contributed by atoms with E-state index in [0.29, 0.717) is 5.92 Å². The van der Waals surface area contributed by atoms with Crippen LogP contribution in [-0.4, -0.2) is 23.7 Å². The smallest absolute Gasteiger partial charge is 0.0791 e. The van der Waals surface area contributed by atoms with Gasteiger partial charge in [-0.2, -0.15) is 0 Å². The lowest BCUT2D eigenvalue weighted by Crippen LogP contribution is -2.20. The van der Waals surface area contributed by atoms with Crippen LogP contribution in [0.3, 0.4) is 0 Å². The van der Waals surface area contributed by atoms with Gasteiger partial charge < -0.3 is 5.73 Å². The van der Waals surface area contributed by atoms with Gasteiger partial charge in [-0.25, -0.2) is 0 Å². The quantitative estimate of drug-likeness (QED) is 0.810. The summed E-state index contributed by atoms with van der Waals surface area (Å²) in [5, 5.41) is 0. The van der Waals surface area contributed by atoms with E-state index < -0.39 is 0 Å². The number of hydrogen-bond acceptors (Lipinski definition) is 3. The molecule has 25 heavy (non-hydrogen) atoms. The van der Waals surface area contributed by atoms with E-state index in [9.17, 15) is 0 Å². The van der Waals surface area contributed by atoms with Crippen LogP contribution in [0.1, 0.15) is 43.0 Å². The zero-order chi connectivity index (χ0) is 17.8. The highest BCUT2D eigenvalue weighted by atomic mass is 15.2. The lowest BCUT2D eigenvalue weighted by Gasteiger charge is -2.20. The Hall–Kier alpha value is -2.13. The third kappa shape index (κ3) is 4.49. The number of anilines is 1. The molecule has 2 N–H and O–H groups in total. The average Bonchev–Trinajstić information content (AvgIpc) is 3.00. The molecule has 3 rings (SSSR count). The van der Waals surface area contributed by atoms with Crippen molar-refractivity contribution in [3.63, 3.8) is 0 Å². The highest BCUT2D eigenvalue weighted by molar-refractivity contribution is 5.88. The van der Waals surface area contributed by atoms with Crippen molar-refractivity contribution in [1.82, 2.24) is 4.90 Å². The molecule has 3 heteroatoms. The Labute approximate surface area is 151 Å². The van der Waals surface area contributed by atoms with Crippen LogP contribution in [0.15, 0.2) is 53.5 Å². The molecule has 2 aromatic carbocycles. The van der Waals surface area contributed by atoms with Crippen molar-refractivity contribution >= 4 is 11.4 Å². The summed E-state index contributed by atoms with van der Waals surface area (Å²) in [7, 11) is 0. The summed E-state index contributed by atoms with van der Waals surface area (Å²) in [6.07, 6.45) is 1.06. The minimum absolute atomic E-state index is 0.148. The van der Waals surface area contributed by atoms with Gasteiger partial charge in [0.1, 0.15) is 0 Å². The third-order valence-electron chi connectivity index (χ3n) is 4.88.